The largest absolute Gasteiger partial charge is 0.497 e. The van der Waals surface area contributed by atoms with Crippen molar-refractivity contribution in [2.24, 2.45) is 11.1 Å². The standard InChI is InChI=1S/C16H23N3OS/c1-16(2)8-4-5-13(14(16)17)21-15-18-11-7-6-10(20-3)9-12(11)19-15/h6-7,9,13-14H,4-5,8,17H2,1-3H3,(H,18,19). The number of ether oxygens (including phenoxy) is 1. The number of H-pyrrole nitrogens is 1. The number of aromatic nitrogens is 2. The molecule has 114 valence electrons. The van der Waals surface area contributed by atoms with Gasteiger partial charge < -0.3 is 15.5 Å². The van der Waals surface area contributed by atoms with Crippen LogP contribution in [-0.4, -0.2) is 28.4 Å². The summed E-state index contributed by atoms with van der Waals surface area (Å²) in [6.07, 6.45) is 3.62. The molecular formula is C16H23N3OS. The first-order chi connectivity index (χ1) is 9.99. The molecule has 4 nitrogen and oxygen atoms in total. The van der Waals surface area contributed by atoms with Gasteiger partial charge in [0.1, 0.15) is 5.75 Å². The van der Waals surface area contributed by atoms with Gasteiger partial charge in [-0.3, -0.25) is 0 Å². The molecule has 0 aliphatic heterocycles. The van der Waals surface area contributed by atoms with E-state index in [1.807, 2.05) is 18.2 Å². The summed E-state index contributed by atoms with van der Waals surface area (Å²) >= 11 is 1.78. The van der Waals surface area contributed by atoms with Gasteiger partial charge >= 0.3 is 0 Å². The van der Waals surface area contributed by atoms with Crippen LogP contribution in [0.3, 0.4) is 0 Å². The maximum absolute atomic E-state index is 6.46. The lowest BCUT2D eigenvalue weighted by Crippen LogP contribution is -2.48. The molecule has 2 aromatic rings. The van der Waals surface area contributed by atoms with Gasteiger partial charge in [0, 0.05) is 17.4 Å². The molecule has 0 saturated heterocycles. The lowest BCUT2D eigenvalue weighted by molar-refractivity contribution is 0.208. The van der Waals surface area contributed by atoms with E-state index in [0.717, 1.165) is 28.4 Å². The lowest BCUT2D eigenvalue weighted by atomic mass is 9.73. The number of thioether (sulfide) groups is 1. The van der Waals surface area contributed by atoms with Crippen molar-refractivity contribution < 1.29 is 4.74 Å². The number of methoxy groups -OCH3 is 1. The molecule has 0 amide bonds. The topological polar surface area (TPSA) is 63.9 Å². The third-order valence-electron chi connectivity index (χ3n) is 4.54. The quantitative estimate of drug-likeness (QED) is 0.910. The van der Waals surface area contributed by atoms with Gasteiger partial charge in [0.05, 0.1) is 18.1 Å². The highest BCUT2D eigenvalue weighted by atomic mass is 32.2. The van der Waals surface area contributed by atoms with Crippen LogP contribution in [0.1, 0.15) is 33.1 Å². The zero-order valence-electron chi connectivity index (χ0n) is 12.8. The molecule has 0 bridgehead atoms. The third-order valence-corrected chi connectivity index (χ3v) is 5.79. The van der Waals surface area contributed by atoms with Gasteiger partial charge in [-0.2, -0.15) is 0 Å². The van der Waals surface area contributed by atoms with Crippen LogP contribution in [0.4, 0.5) is 0 Å². The molecule has 2 atom stereocenters. The number of nitrogens with zero attached hydrogens (tertiary/aromatic N) is 1. The predicted molar refractivity (Wildman–Crippen MR) is 87.9 cm³/mol. The second-order valence-corrected chi connectivity index (χ2v) is 7.72. The number of imidazole rings is 1. The zero-order chi connectivity index (χ0) is 15.0. The summed E-state index contributed by atoms with van der Waals surface area (Å²) < 4.78 is 5.25. The minimum Gasteiger partial charge on any atom is -0.497 e. The van der Waals surface area contributed by atoms with Crippen molar-refractivity contribution >= 4 is 22.8 Å². The number of nitrogens with two attached hydrogens (primary N) is 1. The summed E-state index contributed by atoms with van der Waals surface area (Å²) in [7, 11) is 1.68. The smallest absolute Gasteiger partial charge is 0.166 e. The summed E-state index contributed by atoms with van der Waals surface area (Å²) in [5.74, 6) is 0.846. The highest BCUT2D eigenvalue weighted by Gasteiger charge is 2.37. The number of nitrogens with one attached hydrogen (secondary N) is 1. The Morgan fingerprint density at radius 3 is 3.00 bits per heavy atom. The zero-order valence-corrected chi connectivity index (χ0v) is 13.7. The molecule has 3 rings (SSSR count). The van der Waals surface area contributed by atoms with Crippen LogP contribution in [-0.2, 0) is 0 Å². The van der Waals surface area contributed by atoms with E-state index >= 15 is 0 Å². The van der Waals surface area contributed by atoms with Crippen molar-refractivity contribution in [2.75, 3.05) is 7.11 Å². The number of benzene rings is 1. The first-order valence-electron chi connectivity index (χ1n) is 7.45. The van der Waals surface area contributed by atoms with Gasteiger partial charge in [-0.1, -0.05) is 32.0 Å². The van der Waals surface area contributed by atoms with Crippen molar-refractivity contribution in [1.82, 2.24) is 9.97 Å². The highest BCUT2D eigenvalue weighted by molar-refractivity contribution is 7.99. The molecule has 1 aliphatic carbocycles. The SMILES string of the molecule is COc1ccc2nc(SC3CCCC(C)(C)C3N)[nH]c2c1. The monoisotopic (exact) mass is 305 g/mol. The van der Waals surface area contributed by atoms with Gasteiger partial charge in [0.25, 0.3) is 0 Å². The van der Waals surface area contributed by atoms with Crippen LogP contribution in [0.5, 0.6) is 5.75 Å². The lowest BCUT2D eigenvalue weighted by Gasteiger charge is -2.41. The molecule has 1 aromatic carbocycles. The molecule has 1 saturated carbocycles. The molecule has 5 heteroatoms. The maximum atomic E-state index is 6.46. The Morgan fingerprint density at radius 1 is 1.43 bits per heavy atom. The summed E-state index contributed by atoms with van der Waals surface area (Å²) in [5, 5.41) is 1.38. The second kappa shape index (κ2) is 5.54. The molecule has 1 heterocycles. The van der Waals surface area contributed by atoms with Gasteiger partial charge in [0.2, 0.25) is 0 Å². The van der Waals surface area contributed by atoms with Gasteiger partial charge in [-0.05, 0) is 30.4 Å². The molecular weight excluding hydrogens is 282 g/mol. The van der Waals surface area contributed by atoms with E-state index in [-0.39, 0.29) is 11.5 Å². The average molecular weight is 305 g/mol. The molecule has 0 spiro atoms. The average Bonchev–Trinajstić information content (AvgIpc) is 2.85. The molecule has 1 fully saturated rings. The van der Waals surface area contributed by atoms with E-state index in [9.17, 15) is 0 Å². The van der Waals surface area contributed by atoms with Gasteiger partial charge in [-0.25, -0.2) is 4.98 Å². The number of hydrogen-bond donors (Lipinski definition) is 2. The summed E-state index contributed by atoms with van der Waals surface area (Å²) in [6, 6.07) is 6.11. The fraction of sp³-hybridized carbons (Fsp3) is 0.562. The van der Waals surface area contributed by atoms with E-state index in [1.54, 1.807) is 18.9 Å². The number of fused-ring (bicyclic) bond motifs is 1. The predicted octanol–water partition coefficient (Wildman–Crippen LogP) is 3.57. The Morgan fingerprint density at radius 2 is 2.24 bits per heavy atom. The van der Waals surface area contributed by atoms with Gasteiger partial charge in [0.15, 0.2) is 5.16 Å². The highest BCUT2D eigenvalue weighted by Crippen LogP contribution is 2.41. The molecule has 1 aromatic heterocycles. The Bertz CT molecular complexity index is 637. The number of hydrogen-bond acceptors (Lipinski definition) is 4. The Kier molecular flexibility index (Phi) is 3.88. The van der Waals surface area contributed by atoms with Crippen molar-refractivity contribution in [1.29, 1.82) is 0 Å². The van der Waals surface area contributed by atoms with Crippen LogP contribution < -0.4 is 10.5 Å². The van der Waals surface area contributed by atoms with Crippen LogP contribution >= 0.6 is 11.8 Å². The van der Waals surface area contributed by atoms with E-state index in [4.69, 9.17) is 10.5 Å². The Hall–Kier alpha value is -1.20. The second-order valence-electron chi connectivity index (χ2n) is 6.49. The van der Waals surface area contributed by atoms with Crippen molar-refractivity contribution in [3.63, 3.8) is 0 Å². The van der Waals surface area contributed by atoms with E-state index in [2.05, 4.69) is 23.8 Å². The Balaban J connectivity index is 1.81. The van der Waals surface area contributed by atoms with Crippen molar-refractivity contribution in [2.45, 2.75) is 49.6 Å². The van der Waals surface area contributed by atoms with E-state index in [0.29, 0.717) is 5.25 Å². The molecule has 2 unspecified atom stereocenters. The minimum atomic E-state index is 0.207. The van der Waals surface area contributed by atoms with E-state index < -0.39 is 0 Å². The summed E-state index contributed by atoms with van der Waals surface area (Å²) in [6.45, 7) is 4.54. The Labute approximate surface area is 129 Å². The first-order valence-corrected chi connectivity index (χ1v) is 8.33. The molecule has 0 radical (unpaired) electrons. The van der Waals surface area contributed by atoms with Crippen LogP contribution in [0.2, 0.25) is 0 Å². The number of rotatable bonds is 3. The third kappa shape index (κ3) is 2.90. The summed E-state index contributed by atoms with van der Waals surface area (Å²) in [5.41, 5.74) is 8.66. The molecule has 1 aliphatic rings. The van der Waals surface area contributed by atoms with Gasteiger partial charge in [-0.15, -0.1) is 0 Å². The fourth-order valence-electron chi connectivity index (χ4n) is 3.03. The number of aromatic amines is 1. The summed E-state index contributed by atoms with van der Waals surface area (Å²) in [4.78, 5) is 8.04. The van der Waals surface area contributed by atoms with Crippen molar-refractivity contribution in [3.05, 3.63) is 18.2 Å². The fourth-order valence-corrected chi connectivity index (χ4v) is 4.44. The van der Waals surface area contributed by atoms with Crippen LogP contribution in [0.25, 0.3) is 11.0 Å². The molecule has 21 heavy (non-hydrogen) atoms. The molecule has 3 N–H and O–H groups in total. The normalized spacial score (nSPS) is 25.1. The van der Waals surface area contributed by atoms with E-state index in [1.165, 1.54) is 12.8 Å². The minimum absolute atomic E-state index is 0.207. The maximum Gasteiger partial charge on any atom is 0.166 e. The first kappa shape index (κ1) is 14.7. The van der Waals surface area contributed by atoms with Crippen LogP contribution in [0.15, 0.2) is 23.4 Å². The van der Waals surface area contributed by atoms with Crippen LogP contribution in [0, 0.1) is 5.41 Å². The van der Waals surface area contributed by atoms with Crippen molar-refractivity contribution in [3.8, 4) is 5.75 Å².